The molecule has 0 aliphatic heterocycles. The summed E-state index contributed by atoms with van der Waals surface area (Å²) in [5, 5.41) is 2.48. The van der Waals surface area contributed by atoms with Gasteiger partial charge in [-0.05, 0) is 43.3 Å². The minimum absolute atomic E-state index is 0.156. The van der Waals surface area contributed by atoms with E-state index in [1.807, 2.05) is 0 Å². The molecule has 0 radical (unpaired) electrons. The van der Waals surface area contributed by atoms with Gasteiger partial charge in [-0.15, -0.1) is 0 Å². The van der Waals surface area contributed by atoms with Crippen LogP contribution in [-0.4, -0.2) is 34.9 Å². The standard InChI is InChI=1S/C20H19N3O5/c1-13-4-3-5-17-22-15(10-18(24)23(13)17)12-28-19(25)11-21-20(26)14-6-8-16(27-2)9-7-14/h3-10H,11-12H2,1-2H3,(H,21,26). The molecule has 0 atom stereocenters. The number of hydrogen-bond donors (Lipinski definition) is 1. The second kappa shape index (κ2) is 8.34. The van der Waals surface area contributed by atoms with Crippen molar-refractivity contribution >= 4 is 17.5 Å². The molecule has 0 fully saturated rings. The van der Waals surface area contributed by atoms with E-state index < -0.39 is 11.9 Å². The van der Waals surface area contributed by atoms with Gasteiger partial charge >= 0.3 is 5.97 Å². The highest BCUT2D eigenvalue weighted by Crippen LogP contribution is 2.11. The Morgan fingerprint density at radius 3 is 2.61 bits per heavy atom. The Labute approximate surface area is 160 Å². The molecule has 0 saturated heterocycles. The molecule has 0 aliphatic rings. The van der Waals surface area contributed by atoms with Crippen LogP contribution in [0, 0.1) is 6.92 Å². The number of amides is 1. The lowest BCUT2D eigenvalue weighted by Crippen LogP contribution is -2.30. The van der Waals surface area contributed by atoms with Gasteiger partial charge in [0.15, 0.2) is 0 Å². The zero-order valence-electron chi connectivity index (χ0n) is 15.5. The van der Waals surface area contributed by atoms with Gasteiger partial charge < -0.3 is 14.8 Å². The number of aryl methyl sites for hydroxylation is 1. The van der Waals surface area contributed by atoms with Crippen molar-refractivity contribution in [2.24, 2.45) is 0 Å². The third kappa shape index (κ3) is 4.35. The first kappa shape index (κ1) is 19.1. The van der Waals surface area contributed by atoms with Crippen LogP contribution in [0.4, 0.5) is 0 Å². The molecule has 0 aliphatic carbocycles. The number of methoxy groups -OCH3 is 1. The first-order valence-electron chi connectivity index (χ1n) is 8.54. The summed E-state index contributed by atoms with van der Waals surface area (Å²) in [6.45, 7) is 1.36. The van der Waals surface area contributed by atoms with E-state index in [1.165, 1.54) is 17.6 Å². The molecule has 3 rings (SSSR count). The first-order chi connectivity index (χ1) is 13.5. The number of rotatable bonds is 6. The van der Waals surface area contributed by atoms with Crippen LogP contribution >= 0.6 is 0 Å². The number of carbonyl (C=O) groups is 2. The molecule has 0 spiro atoms. The normalized spacial score (nSPS) is 10.5. The summed E-state index contributed by atoms with van der Waals surface area (Å²) >= 11 is 0. The van der Waals surface area contributed by atoms with Crippen LogP contribution < -0.4 is 15.6 Å². The van der Waals surface area contributed by atoms with Gasteiger partial charge in [-0.25, -0.2) is 4.98 Å². The van der Waals surface area contributed by atoms with Gasteiger partial charge in [-0.2, -0.15) is 0 Å². The molecule has 0 unspecified atom stereocenters. The van der Waals surface area contributed by atoms with E-state index in [4.69, 9.17) is 9.47 Å². The Kier molecular flexibility index (Phi) is 5.69. The highest BCUT2D eigenvalue weighted by molar-refractivity contribution is 5.96. The fourth-order valence-corrected chi connectivity index (χ4v) is 2.64. The van der Waals surface area contributed by atoms with Gasteiger partial charge in [-0.3, -0.25) is 18.8 Å². The quantitative estimate of drug-likeness (QED) is 0.650. The Hall–Kier alpha value is -3.68. The highest BCUT2D eigenvalue weighted by Gasteiger charge is 2.11. The van der Waals surface area contributed by atoms with E-state index in [-0.39, 0.29) is 18.7 Å². The zero-order valence-corrected chi connectivity index (χ0v) is 15.5. The topological polar surface area (TPSA) is 99.0 Å². The zero-order chi connectivity index (χ0) is 20.1. The van der Waals surface area contributed by atoms with Gasteiger partial charge in [0.2, 0.25) is 0 Å². The third-order valence-corrected chi connectivity index (χ3v) is 4.06. The van der Waals surface area contributed by atoms with E-state index in [1.54, 1.807) is 49.4 Å². The van der Waals surface area contributed by atoms with Crippen molar-refractivity contribution in [2.45, 2.75) is 13.5 Å². The molecule has 2 aromatic heterocycles. The minimum atomic E-state index is -0.631. The van der Waals surface area contributed by atoms with Crippen molar-refractivity contribution in [2.75, 3.05) is 13.7 Å². The minimum Gasteiger partial charge on any atom is -0.497 e. The molecule has 0 bridgehead atoms. The number of ether oxygens (including phenoxy) is 2. The van der Waals surface area contributed by atoms with Crippen molar-refractivity contribution in [1.29, 1.82) is 0 Å². The molecule has 1 N–H and O–H groups in total. The van der Waals surface area contributed by atoms with Crippen molar-refractivity contribution < 1.29 is 19.1 Å². The Morgan fingerprint density at radius 1 is 1.14 bits per heavy atom. The summed E-state index contributed by atoms with van der Waals surface area (Å²) < 4.78 is 11.6. The number of nitrogens with one attached hydrogen (secondary N) is 1. The smallest absolute Gasteiger partial charge is 0.325 e. The lowest BCUT2D eigenvalue weighted by molar-refractivity contribution is -0.143. The Bertz CT molecular complexity index is 1070. The van der Waals surface area contributed by atoms with E-state index >= 15 is 0 Å². The predicted octanol–water partition coefficient (Wildman–Crippen LogP) is 1.48. The lowest BCUT2D eigenvalue weighted by atomic mass is 10.2. The van der Waals surface area contributed by atoms with E-state index in [2.05, 4.69) is 10.3 Å². The van der Waals surface area contributed by atoms with E-state index in [9.17, 15) is 14.4 Å². The van der Waals surface area contributed by atoms with Crippen molar-refractivity contribution in [3.63, 3.8) is 0 Å². The van der Waals surface area contributed by atoms with E-state index in [0.717, 1.165) is 5.69 Å². The van der Waals surface area contributed by atoms with Crippen LogP contribution in [0.5, 0.6) is 5.75 Å². The van der Waals surface area contributed by atoms with Crippen LogP contribution in [0.3, 0.4) is 0 Å². The maximum atomic E-state index is 12.2. The average Bonchev–Trinajstić information content (AvgIpc) is 2.70. The van der Waals surface area contributed by atoms with E-state index in [0.29, 0.717) is 22.7 Å². The molecule has 0 saturated carbocycles. The molecule has 144 valence electrons. The van der Waals surface area contributed by atoms with Crippen LogP contribution in [0.25, 0.3) is 5.65 Å². The SMILES string of the molecule is COc1ccc(C(=O)NCC(=O)OCc2cc(=O)n3c(C)cccc3n2)cc1. The van der Waals surface area contributed by atoms with Crippen molar-refractivity contribution in [3.05, 3.63) is 75.8 Å². The van der Waals surface area contributed by atoms with Gasteiger partial charge in [0.25, 0.3) is 11.5 Å². The summed E-state index contributed by atoms with van der Waals surface area (Å²) in [4.78, 5) is 40.4. The first-order valence-corrected chi connectivity index (χ1v) is 8.54. The molecule has 2 heterocycles. The number of hydrogen-bond acceptors (Lipinski definition) is 6. The number of benzene rings is 1. The summed E-state index contributed by atoms with van der Waals surface area (Å²) in [7, 11) is 1.53. The molecular weight excluding hydrogens is 362 g/mol. The average molecular weight is 381 g/mol. The second-order valence-corrected chi connectivity index (χ2v) is 6.02. The van der Waals surface area contributed by atoms with Gasteiger partial charge in [0, 0.05) is 17.3 Å². The monoisotopic (exact) mass is 381 g/mol. The van der Waals surface area contributed by atoms with Crippen LogP contribution in [0.1, 0.15) is 21.7 Å². The molecular formula is C20H19N3O5. The fourth-order valence-electron chi connectivity index (χ4n) is 2.64. The molecule has 1 amide bonds. The van der Waals surface area contributed by atoms with Gasteiger partial charge in [0.05, 0.1) is 12.8 Å². The maximum Gasteiger partial charge on any atom is 0.325 e. The summed E-state index contributed by atoms with van der Waals surface area (Å²) in [6, 6.07) is 13.1. The van der Waals surface area contributed by atoms with Crippen molar-refractivity contribution in [3.8, 4) is 5.75 Å². The predicted molar refractivity (Wildman–Crippen MR) is 101 cm³/mol. The van der Waals surface area contributed by atoms with Crippen LogP contribution in [0.15, 0.2) is 53.3 Å². The fraction of sp³-hybridized carbons (Fsp3) is 0.200. The van der Waals surface area contributed by atoms with Gasteiger partial charge in [0.1, 0.15) is 24.5 Å². The Balaban J connectivity index is 1.56. The van der Waals surface area contributed by atoms with Crippen LogP contribution in [-0.2, 0) is 16.1 Å². The molecule has 1 aromatic carbocycles. The second-order valence-electron chi connectivity index (χ2n) is 6.02. The summed E-state index contributed by atoms with van der Waals surface area (Å²) in [6.07, 6.45) is 0. The number of nitrogens with zero attached hydrogens (tertiary/aromatic N) is 2. The maximum absolute atomic E-state index is 12.2. The number of carbonyl (C=O) groups excluding carboxylic acids is 2. The van der Waals surface area contributed by atoms with Crippen molar-refractivity contribution in [1.82, 2.24) is 14.7 Å². The number of fused-ring (bicyclic) bond motifs is 1. The lowest BCUT2D eigenvalue weighted by Gasteiger charge is -2.08. The van der Waals surface area contributed by atoms with Crippen LogP contribution in [0.2, 0.25) is 0 Å². The molecule has 8 heteroatoms. The highest BCUT2D eigenvalue weighted by atomic mass is 16.5. The molecule has 3 aromatic rings. The molecule has 8 nitrogen and oxygen atoms in total. The van der Waals surface area contributed by atoms with Gasteiger partial charge in [-0.1, -0.05) is 6.07 Å². The summed E-state index contributed by atoms with van der Waals surface area (Å²) in [5.41, 5.74) is 1.73. The number of pyridine rings is 1. The molecule has 28 heavy (non-hydrogen) atoms. The number of aromatic nitrogens is 2. The third-order valence-electron chi connectivity index (χ3n) is 4.06. The Morgan fingerprint density at radius 2 is 1.89 bits per heavy atom. The number of esters is 1. The largest absolute Gasteiger partial charge is 0.497 e. The summed E-state index contributed by atoms with van der Waals surface area (Å²) in [5.74, 6) is -0.407.